The summed E-state index contributed by atoms with van der Waals surface area (Å²) in [5.74, 6) is 0.841. The van der Waals surface area contributed by atoms with Crippen LogP contribution in [0.3, 0.4) is 0 Å². The minimum atomic E-state index is -0.303. The Labute approximate surface area is 202 Å². The predicted octanol–water partition coefficient (Wildman–Crippen LogP) is 3.06. The van der Waals surface area contributed by atoms with E-state index < -0.39 is 0 Å². The first kappa shape index (κ1) is 22.5. The summed E-state index contributed by atoms with van der Waals surface area (Å²) in [6.45, 7) is 1.45. The highest BCUT2D eigenvalue weighted by Gasteiger charge is 2.29. The van der Waals surface area contributed by atoms with Crippen molar-refractivity contribution in [2.24, 2.45) is 0 Å². The van der Waals surface area contributed by atoms with Crippen LogP contribution in [0.1, 0.15) is 5.56 Å². The molecular formula is C26H24N4O5. The highest BCUT2D eigenvalue weighted by atomic mass is 16.5. The quantitative estimate of drug-likeness (QED) is 0.391. The molecule has 0 bridgehead atoms. The molecule has 35 heavy (non-hydrogen) atoms. The Morgan fingerprint density at radius 1 is 1.00 bits per heavy atom. The average Bonchev–Trinajstić information content (AvgIpc) is 3.30. The Bertz CT molecular complexity index is 1380. The summed E-state index contributed by atoms with van der Waals surface area (Å²) in [6.07, 6.45) is 4.93. The van der Waals surface area contributed by atoms with Gasteiger partial charge in [0.2, 0.25) is 11.6 Å². The van der Waals surface area contributed by atoms with Gasteiger partial charge in [-0.25, -0.2) is 9.97 Å². The molecule has 0 unspecified atom stereocenters. The summed E-state index contributed by atoms with van der Waals surface area (Å²) in [6, 6.07) is 11.4. The zero-order valence-corrected chi connectivity index (χ0v) is 19.4. The van der Waals surface area contributed by atoms with E-state index >= 15 is 0 Å². The van der Waals surface area contributed by atoms with Crippen LogP contribution in [0.25, 0.3) is 10.9 Å². The lowest BCUT2D eigenvalue weighted by atomic mass is 10.0. The molecule has 1 N–H and O–H groups in total. The van der Waals surface area contributed by atoms with Gasteiger partial charge in [-0.05, 0) is 24.1 Å². The molecular weight excluding hydrogens is 448 g/mol. The van der Waals surface area contributed by atoms with Gasteiger partial charge in [0.15, 0.2) is 11.5 Å². The van der Waals surface area contributed by atoms with Crippen LogP contribution < -0.4 is 19.7 Å². The molecule has 2 aliphatic rings. The summed E-state index contributed by atoms with van der Waals surface area (Å²) in [4.78, 5) is 36.5. The fourth-order valence-corrected chi connectivity index (χ4v) is 4.24. The summed E-state index contributed by atoms with van der Waals surface area (Å²) in [5, 5.41) is 3.64. The number of aromatic nitrogens is 2. The average molecular weight is 473 g/mol. The van der Waals surface area contributed by atoms with Gasteiger partial charge in [0.1, 0.15) is 18.8 Å². The van der Waals surface area contributed by atoms with Crippen LogP contribution >= 0.6 is 0 Å². The van der Waals surface area contributed by atoms with Gasteiger partial charge in [0.25, 0.3) is 0 Å². The van der Waals surface area contributed by atoms with Crippen LogP contribution in [0.5, 0.6) is 11.5 Å². The smallest absolute Gasteiger partial charge is 0.204 e. The lowest BCUT2D eigenvalue weighted by molar-refractivity contribution is -0.115. The number of ketones is 2. The van der Waals surface area contributed by atoms with E-state index in [0.717, 1.165) is 17.7 Å². The molecule has 0 atom stereocenters. The van der Waals surface area contributed by atoms with Crippen LogP contribution in [0.2, 0.25) is 0 Å². The fraction of sp³-hybridized carbons (Fsp3) is 0.231. The van der Waals surface area contributed by atoms with Crippen molar-refractivity contribution in [2.75, 3.05) is 44.2 Å². The molecule has 2 heterocycles. The van der Waals surface area contributed by atoms with Crippen molar-refractivity contribution in [1.29, 1.82) is 0 Å². The zero-order valence-electron chi connectivity index (χ0n) is 19.4. The molecule has 2 aromatic carbocycles. The van der Waals surface area contributed by atoms with E-state index in [1.54, 1.807) is 19.2 Å². The zero-order chi connectivity index (χ0) is 24.4. The van der Waals surface area contributed by atoms with Crippen LogP contribution in [-0.2, 0) is 20.7 Å². The van der Waals surface area contributed by atoms with E-state index in [-0.39, 0.29) is 17.3 Å². The normalized spacial score (nSPS) is 15.1. The molecule has 0 amide bonds. The number of hydrogen-bond acceptors (Lipinski definition) is 9. The van der Waals surface area contributed by atoms with E-state index in [2.05, 4.69) is 15.3 Å². The highest BCUT2D eigenvalue weighted by Crippen LogP contribution is 2.35. The van der Waals surface area contributed by atoms with Crippen molar-refractivity contribution < 1.29 is 23.8 Å². The molecule has 9 nitrogen and oxygen atoms in total. The number of allylic oxidation sites excluding steroid dienone is 2. The maximum atomic E-state index is 13.0. The number of ether oxygens (including phenoxy) is 3. The fourth-order valence-electron chi connectivity index (χ4n) is 4.24. The second kappa shape index (κ2) is 9.55. The number of hydrogen-bond donors (Lipinski definition) is 1. The van der Waals surface area contributed by atoms with Crippen LogP contribution in [-0.4, -0.2) is 55.5 Å². The summed E-state index contributed by atoms with van der Waals surface area (Å²) in [5.41, 5.74) is 3.23. The van der Waals surface area contributed by atoms with E-state index in [1.165, 1.54) is 25.6 Å². The third-order valence-electron chi connectivity index (χ3n) is 5.96. The van der Waals surface area contributed by atoms with E-state index in [9.17, 15) is 9.59 Å². The Hall–Kier alpha value is -4.24. The number of rotatable bonds is 8. The molecule has 1 aromatic heterocycles. The van der Waals surface area contributed by atoms with Gasteiger partial charge >= 0.3 is 0 Å². The van der Waals surface area contributed by atoms with Gasteiger partial charge in [0.05, 0.1) is 30.6 Å². The molecule has 5 rings (SSSR count). The Kier molecular flexibility index (Phi) is 6.15. The molecule has 3 aromatic rings. The van der Waals surface area contributed by atoms with Gasteiger partial charge in [-0.1, -0.05) is 18.2 Å². The topological polar surface area (TPSA) is 103 Å². The first-order chi connectivity index (χ1) is 17.1. The van der Waals surface area contributed by atoms with Crippen molar-refractivity contribution in [3.05, 3.63) is 71.8 Å². The molecule has 9 heteroatoms. The Balaban J connectivity index is 1.41. The van der Waals surface area contributed by atoms with Gasteiger partial charge in [-0.15, -0.1) is 0 Å². The van der Waals surface area contributed by atoms with Gasteiger partial charge in [-0.3, -0.25) is 9.59 Å². The standard InChI is InChI=1S/C26H24N4O5/c1-33-9-10-35-25-13-18-17(11-24(25)34-2)26(28-15-27-18)29-19-12-23(32)21(14-22(19)31)30-8-7-16-5-3-4-6-20(16)30/h3-6,11-15H,7-10H2,1-2H3,(H,27,28,29). The summed E-state index contributed by atoms with van der Waals surface area (Å²) >= 11 is 0. The molecule has 0 radical (unpaired) electrons. The van der Waals surface area contributed by atoms with Crippen molar-refractivity contribution in [3.8, 4) is 11.5 Å². The number of anilines is 2. The maximum Gasteiger partial charge on any atom is 0.204 e. The molecule has 1 aliphatic heterocycles. The largest absolute Gasteiger partial charge is 0.493 e. The predicted molar refractivity (Wildman–Crippen MR) is 131 cm³/mol. The second-order valence-corrected chi connectivity index (χ2v) is 8.06. The number of fused-ring (bicyclic) bond motifs is 2. The summed E-state index contributed by atoms with van der Waals surface area (Å²) < 4.78 is 16.2. The van der Waals surface area contributed by atoms with E-state index in [4.69, 9.17) is 14.2 Å². The van der Waals surface area contributed by atoms with Crippen molar-refractivity contribution in [1.82, 2.24) is 9.97 Å². The summed E-state index contributed by atoms with van der Waals surface area (Å²) in [7, 11) is 3.14. The number of benzene rings is 2. The first-order valence-corrected chi connectivity index (χ1v) is 11.2. The van der Waals surface area contributed by atoms with Crippen molar-refractivity contribution in [2.45, 2.75) is 6.42 Å². The molecule has 0 saturated carbocycles. The number of carbonyl (C=O) groups is 2. The minimum absolute atomic E-state index is 0.144. The first-order valence-electron chi connectivity index (χ1n) is 11.2. The number of para-hydroxylation sites is 1. The van der Waals surface area contributed by atoms with Gasteiger partial charge in [0, 0.05) is 42.9 Å². The monoisotopic (exact) mass is 472 g/mol. The van der Waals surface area contributed by atoms with Gasteiger partial charge in [-0.2, -0.15) is 0 Å². The second-order valence-electron chi connectivity index (χ2n) is 8.06. The number of nitrogens with one attached hydrogen (secondary N) is 1. The van der Waals surface area contributed by atoms with Crippen LogP contribution in [0, 0.1) is 0 Å². The molecule has 0 saturated heterocycles. The third kappa shape index (κ3) is 4.33. The van der Waals surface area contributed by atoms with Crippen molar-refractivity contribution >= 4 is 34.0 Å². The third-order valence-corrected chi connectivity index (χ3v) is 5.96. The highest BCUT2D eigenvalue weighted by molar-refractivity contribution is 6.22. The Morgan fingerprint density at radius 2 is 1.86 bits per heavy atom. The number of nitrogens with zero attached hydrogens (tertiary/aromatic N) is 3. The molecule has 0 spiro atoms. The lowest BCUT2D eigenvalue weighted by Crippen LogP contribution is -2.30. The molecule has 178 valence electrons. The van der Waals surface area contributed by atoms with Crippen molar-refractivity contribution in [3.63, 3.8) is 0 Å². The lowest BCUT2D eigenvalue weighted by Gasteiger charge is -2.23. The van der Waals surface area contributed by atoms with Gasteiger partial charge < -0.3 is 24.4 Å². The van der Waals surface area contributed by atoms with E-state index in [1.807, 2.05) is 29.2 Å². The van der Waals surface area contributed by atoms with Crippen LogP contribution in [0.4, 0.5) is 11.5 Å². The van der Waals surface area contributed by atoms with E-state index in [0.29, 0.717) is 53.7 Å². The van der Waals surface area contributed by atoms with Crippen LogP contribution in [0.15, 0.2) is 66.3 Å². The SMILES string of the molecule is COCCOc1cc2ncnc(NC3=CC(=O)C(N4CCc5ccccc54)=CC3=O)c2cc1OC. The number of methoxy groups -OCH3 is 2. The Morgan fingerprint density at radius 3 is 2.69 bits per heavy atom. The number of carbonyl (C=O) groups excluding carboxylic acids is 2. The minimum Gasteiger partial charge on any atom is -0.493 e. The maximum absolute atomic E-state index is 13.0. The molecule has 1 aliphatic carbocycles. The molecule has 0 fully saturated rings.